The summed E-state index contributed by atoms with van der Waals surface area (Å²) in [6, 6.07) is 0. The van der Waals surface area contributed by atoms with Crippen LogP contribution < -0.4 is 0 Å². The summed E-state index contributed by atoms with van der Waals surface area (Å²) in [6.45, 7) is 6.28. The van der Waals surface area contributed by atoms with Gasteiger partial charge in [0.05, 0.1) is 15.9 Å². The number of nitrogens with zero attached hydrogens (tertiary/aromatic N) is 1. The van der Waals surface area contributed by atoms with Crippen molar-refractivity contribution in [2.24, 2.45) is 5.92 Å². The van der Waals surface area contributed by atoms with Gasteiger partial charge in [0.25, 0.3) is 0 Å². The Morgan fingerprint density at radius 1 is 1.50 bits per heavy atom. The van der Waals surface area contributed by atoms with Crippen LogP contribution in [0.5, 0.6) is 0 Å². The molecule has 0 aliphatic rings. The molecule has 1 aromatic heterocycles. The Labute approximate surface area is 85.1 Å². The lowest BCUT2D eigenvalue weighted by Crippen LogP contribution is -2.04. The van der Waals surface area contributed by atoms with Gasteiger partial charge in [-0.15, -0.1) is 0 Å². The molecule has 1 heterocycles. The average molecular weight is 215 g/mol. The van der Waals surface area contributed by atoms with E-state index in [1.807, 2.05) is 0 Å². The highest BCUT2D eigenvalue weighted by Crippen LogP contribution is 2.21. The summed E-state index contributed by atoms with van der Waals surface area (Å²) in [5.41, 5.74) is 0. The third kappa shape index (κ3) is 2.35. The van der Waals surface area contributed by atoms with Crippen molar-refractivity contribution in [2.45, 2.75) is 31.7 Å². The van der Waals surface area contributed by atoms with Gasteiger partial charge in [-0.3, -0.25) is 0 Å². The predicted octanol–water partition coefficient (Wildman–Crippen LogP) is 2.20. The molecule has 5 heteroatoms. The minimum Gasteiger partial charge on any atom is -0.334 e. The molecule has 0 spiro atoms. The van der Waals surface area contributed by atoms with Gasteiger partial charge in [0.15, 0.2) is 0 Å². The van der Waals surface area contributed by atoms with E-state index in [9.17, 15) is 4.21 Å². The standard InChI is InChI=1S/C9H17N3OS/c1-6(2)7(3)9-11-5-8(12-9)14(4,10)13/h5-7,10H,1-4H3,(H,11,12)/t7-,14?/m1/s1. The molecule has 4 nitrogen and oxygen atoms in total. The summed E-state index contributed by atoms with van der Waals surface area (Å²) < 4.78 is 18.8. The minimum absolute atomic E-state index is 0.297. The summed E-state index contributed by atoms with van der Waals surface area (Å²) in [4.78, 5) is 7.11. The molecule has 0 aliphatic carbocycles. The van der Waals surface area contributed by atoms with Crippen LogP contribution in [0.3, 0.4) is 0 Å². The Kier molecular flexibility index (Phi) is 2.99. The smallest absolute Gasteiger partial charge is 0.132 e. The topological polar surface area (TPSA) is 69.6 Å². The molecule has 2 atom stereocenters. The van der Waals surface area contributed by atoms with Crippen LogP contribution in [0.4, 0.5) is 0 Å². The quantitative estimate of drug-likeness (QED) is 0.811. The molecule has 0 saturated carbocycles. The molecule has 1 rings (SSSR count). The third-order valence-corrected chi connectivity index (χ3v) is 3.47. The van der Waals surface area contributed by atoms with Gasteiger partial charge in [0, 0.05) is 12.2 Å². The molecular weight excluding hydrogens is 198 g/mol. The average Bonchev–Trinajstić information content (AvgIpc) is 2.49. The Bertz CT molecular complexity index is 405. The number of aromatic nitrogens is 2. The van der Waals surface area contributed by atoms with E-state index >= 15 is 0 Å². The molecule has 1 unspecified atom stereocenters. The van der Waals surface area contributed by atoms with Crippen LogP contribution in [0.15, 0.2) is 11.2 Å². The van der Waals surface area contributed by atoms with Crippen molar-refractivity contribution in [3.05, 3.63) is 12.0 Å². The Morgan fingerprint density at radius 3 is 2.43 bits per heavy atom. The number of nitrogens with one attached hydrogen (secondary N) is 2. The van der Waals surface area contributed by atoms with Gasteiger partial charge < -0.3 is 4.98 Å². The Balaban J connectivity index is 3.00. The second-order valence-corrected chi connectivity index (χ2v) is 6.14. The normalized spacial score (nSPS) is 18.1. The van der Waals surface area contributed by atoms with Gasteiger partial charge in [-0.2, -0.15) is 0 Å². The van der Waals surface area contributed by atoms with Crippen molar-refractivity contribution >= 4 is 9.73 Å². The molecule has 2 N–H and O–H groups in total. The summed E-state index contributed by atoms with van der Waals surface area (Å²) in [7, 11) is -2.66. The summed E-state index contributed by atoms with van der Waals surface area (Å²) in [5, 5.41) is 0.417. The maximum absolute atomic E-state index is 11.4. The van der Waals surface area contributed by atoms with E-state index in [4.69, 9.17) is 4.78 Å². The van der Waals surface area contributed by atoms with Crippen molar-refractivity contribution in [3.63, 3.8) is 0 Å². The third-order valence-electron chi connectivity index (χ3n) is 2.42. The summed E-state index contributed by atoms with van der Waals surface area (Å²) in [6.07, 6.45) is 2.90. The minimum atomic E-state index is -2.66. The van der Waals surface area contributed by atoms with Crippen molar-refractivity contribution in [3.8, 4) is 0 Å². The molecule has 0 radical (unpaired) electrons. The SMILES string of the molecule is CC(C)[C@@H](C)c1ncc(S(C)(=N)=O)[nH]1. The monoisotopic (exact) mass is 215 g/mol. The van der Waals surface area contributed by atoms with Gasteiger partial charge in [-0.05, 0) is 5.92 Å². The molecule has 1 aromatic rings. The van der Waals surface area contributed by atoms with Crippen molar-refractivity contribution in [1.82, 2.24) is 9.97 Å². The van der Waals surface area contributed by atoms with Gasteiger partial charge in [0.2, 0.25) is 0 Å². The van der Waals surface area contributed by atoms with E-state index < -0.39 is 9.73 Å². The molecule has 0 fully saturated rings. The number of aromatic amines is 1. The van der Waals surface area contributed by atoms with Gasteiger partial charge in [0.1, 0.15) is 10.9 Å². The molecule has 80 valence electrons. The molecule has 0 bridgehead atoms. The van der Waals surface area contributed by atoms with Crippen LogP contribution in [0.1, 0.15) is 32.5 Å². The first-order valence-electron chi connectivity index (χ1n) is 4.61. The van der Waals surface area contributed by atoms with Crippen LogP contribution in [0, 0.1) is 10.7 Å². The molecule has 0 aromatic carbocycles. The number of rotatable bonds is 3. The zero-order valence-corrected chi connectivity index (χ0v) is 9.81. The fourth-order valence-corrected chi connectivity index (χ4v) is 1.62. The first-order valence-corrected chi connectivity index (χ1v) is 6.57. The maximum Gasteiger partial charge on any atom is 0.132 e. The molecule has 14 heavy (non-hydrogen) atoms. The highest BCUT2D eigenvalue weighted by atomic mass is 32.2. The van der Waals surface area contributed by atoms with Gasteiger partial charge in [-0.25, -0.2) is 14.0 Å². The highest BCUT2D eigenvalue weighted by Gasteiger charge is 2.15. The number of H-pyrrole nitrogens is 1. The zero-order valence-electron chi connectivity index (χ0n) is 9.00. The Hall–Kier alpha value is -0.840. The maximum atomic E-state index is 11.4. The second kappa shape index (κ2) is 3.73. The van der Waals surface area contributed by atoms with Crippen molar-refractivity contribution in [2.75, 3.05) is 6.26 Å². The zero-order chi connectivity index (χ0) is 10.9. The highest BCUT2D eigenvalue weighted by molar-refractivity contribution is 7.91. The largest absolute Gasteiger partial charge is 0.334 e. The van der Waals surface area contributed by atoms with Crippen LogP contribution >= 0.6 is 0 Å². The van der Waals surface area contributed by atoms with Gasteiger partial charge in [-0.1, -0.05) is 20.8 Å². The lowest BCUT2D eigenvalue weighted by molar-refractivity contribution is 0.513. The van der Waals surface area contributed by atoms with E-state index in [1.54, 1.807) is 0 Å². The van der Waals surface area contributed by atoms with Crippen molar-refractivity contribution in [1.29, 1.82) is 4.78 Å². The molecule has 0 amide bonds. The van der Waals surface area contributed by atoms with Gasteiger partial charge >= 0.3 is 0 Å². The number of imidazole rings is 1. The Morgan fingerprint density at radius 2 is 2.07 bits per heavy atom. The van der Waals surface area contributed by atoms with E-state index in [-0.39, 0.29) is 0 Å². The fourth-order valence-electron chi connectivity index (χ4n) is 1.06. The van der Waals surface area contributed by atoms with Crippen LogP contribution in [0.25, 0.3) is 0 Å². The predicted molar refractivity (Wildman–Crippen MR) is 56.9 cm³/mol. The fraction of sp³-hybridized carbons (Fsp3) is 0.667. The van der Waals surface area contributed by atoms with Crippen molar-refractivity contribution < 1.29 is 4.21 Å². The first kappa shape index (κ1) is 11.2. The number of hydrogen-bond donors (Lipinski definition) is 2. The number of hydrogen-bond acceptors (Lipinski definition) is 3. The second-order valence-electron chi connectivity index (χ2n) is 4.01. The first-order chi connectivity index (χ1) is 6.32. The molecule has 0 saturated heterocycles. The molecule has 0 aliphatic heterocycles. The van der Waals surface area contributed by atoms with Crippen LogP contribution in [-0.4, -0.2) is 20.4 Å². The molecular formula is C9H17N3OS. The lowest BCUT2D eigenvalue weighted by atomic mass is 9.98. The van der Waals surface area contributed by atoms with Crippen LogP contribution in [0.2, 0.25) is 0 Å². The van der Waals surface area contributed by atoms with E-state index in [0.29, 0.717) is 16.9 Å². The van der Waals surface area contributed by atoms with E-state index in [1.165, 1.54) is 12.5 Å². The summed E-state index contributed by atoms with van der Waals surface area (Å²) in [5.74, 6) is 1.59. The summed E-state index contributed by atoms with van der Waals surface area (Å²) >= 11 is 0. The van der Waals surface area contributed by atoms with E-state index in [0.717, 1.165) is 5.82 Å². The van der Waals surface area contributed by atoms with Crippen LogP contribution in [-0.2, 0) is 9.73 Å². The van der Waals surface area contributed by atoms with E-state index in [2.05, 4.69) is 30.7 Å². The lowest BCUT2D eigenvalue weighted by Gasteiger charge is -2.11.